The maximum atomic E-state index is 14.1. The molecule has 1 aliphatic heterocycles. The monoisotopic (exact) mass is 522 g/mol. The van der Waals surface area contributed by atoms with E-state index in [9.17, 15) is 18.0 Å². The largest absolute Gasteiger partial charge is 0.333 e. The van der Waals surface area contributed by atoms with Crippen LogP contribution in [0, 0.1) is 17.5 Å². The highest BCUT2D eigenvalue weighted by Crippen LogP contribution is 2.28. The summed E-state index contributed by atoms with van der Waals surface area (Å²) in [5.41, 5.74) is 2.47. The number of carbonyl (C=O) groups is 1. The van der Waals surface area contributed by atoms with Gasteiger partial charge in [-0.05, 0) is 61.3 Å². The standard InChI is InChI=1S/C28H25F3N4OS/c1-18-16-34(17-21-14-24(30)25(31)15-23(21)29)12-13-35(18)28(36)20-7-9-22(10-8-20)33-37-26-6-2-4-19-5-3-11-32-27(19)26/h2-11,14-15,18,33H,12-13,16-17H2,1H3/t18-/m0/s1. The molecular weight excluding hydrogens is 497 g/mol. The van der Waals surface area contributed by atoms with E-state index in [2.05, 4.69) is 9.71 Å². The second-order valence-electron chi connectivity index (χ2n) is 9.05. The summed E-state index contributed by atoms with van der Waals surface area (Å²) >= 11 is 1.46. The van der Waals surface area contributed by atoms with E-state index < -0.39 is 17.5 Å². The smallest absolute Gasteiger partial charge is 0.254 e. The summed E-state index contributed by atoms with van der Waals surface area (Å²) in [6, 6.07) is 18.6. The van der Waals surface area contributed by atoms with E-state index in [1.165, 1.54) is 11.9 Å². The predicted molar refractivity (Wildman–Crippen MR) is 140 cm³/mol. The van der Waals surface area contributed by atoms with Gasteiger partial charge in [0, 0.05) is 66.7 Å². The highest BCUT2D eigenvalue weighted by molar-refractivity contribution is 8.00. The van der Waals surface area contributed by atoms with Crippen molar-refractivity contribution in [2.24, 2.45) is 0 Å². The lowest BCUT2D eigenvalue weighted by Crippen LogP contribution is -2.53. The molecular formula is C28H25F3N4OS. The zero-order valence-electron chi connectivity index (χ0n) is 20.1. The van der Waals surface area contributed by atoms with Crippen molar-refractivity contribution in [2.45, 2.75) is 24.4 Å². The van der Waals surface area contributed by atoms with E-state index in [0.29, 0.717) is 31.3 Å². The number of halogens is 3. The summed E-state index contributed by atoms with van der Waals surface area (Å²) in [6.07, 6.45) is 1.77. The quantitative estimate of drug-likeness (QED) is 0.244. The Morgan fingerprint density at radius 1 is 1.00 bits per heavy atom. The summed E-state index contributed by atoms with van der Waals surface area (Å²) in [4.78, 5) is 22.4. The molecule has 1 aromatic heterocycles. The third-order valence-corrected chi connectivity index (χ3v) is 7.35. The number of nitrogens with one attached hydrogen (secondary N) is 1. The molecule has 1 N–H and O–H groups in total. The van der Waals surface area contributed by atoms with E-state index in [1.54, 1.807) is 23.2 Å². The molecule has 0 bridgehead atoms. The number of hydrogen-bond donors (Lipinski definition) is 1. The number of aromatic nitrogens is 1. The molecule has 0 radical (unpaired) electrons. The van der Waals surface area contributed by atoms with E-state index >= 15 is 0 Å². The average Bonchev–Trinajstić information content (AvgIpc) is 2.90. The second kappa shape index (κ2) is 10.8. The number of para-hydroxylation sites is 1. The maximum absolute atomic E-state index is 14.1. The number of nitrogens with zero attached hydrogens (tertiary/aromatic N) is 3. The number of amides is 1. The molecule has 3 aromatic carbocycles. The van der Waals surface area contributed by atoms with Crippen molar-refractivity contribution in [2.75, 3.05) is 24.4 Å². The van der Waals surface area contributed by atoms with Gasteiger partial charge in [0.2, 0.25) is 0 Å². The van der Waals surface area contributed by atoms with Gasteiger partial charge in [0.25, 0.3) is 5.91 Å². The highest BCUT2D eigenvalue weighted by atomic mass is 32.2. The number of rotatable bonds is 6. The van der Waals surface area contributed by atoms with Gasteiger partial charge >= 0.3 is 0 Å². The van der Waals surface area contributed by atoms with Crippen LogP contribution in [0.3, 0.4) is 0 Å². The van der Waals surface area contributed by atoms with Crippen LogP contribution in [0.1, 0.15) is 22.8 Å². The number of anilines is 1. The lowest BCUT2D eigenvalue weighted by molar-refractivity contribution is 0.0473. The first kappa shape index (κ1) is 25.1. The van der Waals surface area contributed by atoms with Gasteiger partial charge in [-0.15, -0.1) is 0 Å². The van der Waals surface area contributed by atoms with Crippen molar-refractivity contribution in [1.29, 1.82) is 0 Å². The summed E-state index contributed by atoms with van der Waals surface area (Å²) < 4.78 is 44.1. The third-order valence-electron chi connectivity index (χ3n) is 6.46. The minimum Gasteiger partial charge on any atom is -0.333 e. The van der Waals surface area contributed by atoms with Crippen LogP contribution in [-0.2, 0) is 6.54 Å². The molecule has 1 amide bonds. The topological polar surface area (TPSA) is 48.5 Å². The summed E-state index contributed by atoms with van der Waals surface area (Å²) in [5.74, 6) is -3.11. The van der Waals surface area contributed by atoms with Gasteiger partial charge in [0.15, 0.2) is 11.6 Å². The molecule has 190 valence electrons. The molecule has 5 rings (SSSR count). The van der Waals surface area contributed by atoms with Gasteiger partial charge in [-0.1, -0.05) is 18.2 Å². The SMILES string of the molecule is C[C@H]1CN(Cc2cc(F)c(F)cc2F)CCN1C(=O)c1ccc(NSc2cccc3cccnc23)cc1. The van der Waals surface area contributed by atoms with Crippen molar-refractivity contribution in [3.05, 3.63) is 102 Å². The first-order valence-corrected chi connectivity index (χ1v) is 12.7. The molecule has 1 saturated heterocycles. The van der Waals surface area contributed by atoms with E-state index in [-0.39, 0.29) is 24.1 Å². The van der Waals surface area contributed by atoms with Crippen LogP contribution in [0.25, 0.3) is 10.9 Å². The Morgan fingerprint density at radius 2 is 1.76 bits per heavy atom. The highest BCUT2D eigenvalue weighted by Gasteiger charge is 2.28. The molecule has 4 aromatic rings. The number of carbonyl (C=O) groups excluding carboxylic acids is 1. The number of benzene rings is 3. The molecule has 1 fully saturated rings. The first-order chi connectivity index (χ1) is 17.9. The van der Waals surface area contributed by atoms with Crippen LogP contribution < -0.4 is 4.72 Å². The molecule has 1 atom stereocenters. The van der Waals surface area contributed by atoms with Gasteiger partial charge in [-0.2, -0.15) is 0 Å². The van der Waals surface area contributed by atoms with Crippen LogP contribution in [0.5, 0.6) is 0 Å². The van der Waals surface area contributed by atoms with Gasteiger partial charge < -0.3 is 9.62 Å². The van der Waals surface area contributed by atoms with Crippen molar-refractivity contribution in [3.63, 3.8) is 0 Å². The second-order valence-corrected chi connectivity index (χ2v) is 9.90. The summed E-state index contributed by atoms with van der Waals surface area (Å²) in [6.45, 7) is 3.54. The zero-order valence-corrected chi connectivity index (χ0v) is 20.9. The van der Waals surface area contributed by atoms with Crippen molar-refractivity contribution < 1.29 is 18.0 Å². The average molecular weight is 523 g/mol. The Hall–Kier alpha value is -3.56. The van der Waals surface area contributed by atoms with Gasteiger partial charge in [-0.3, -0.25) is 14.7 Å². The molecule has 0 aliphatic carbocycles. The summed E-state index contributed by atoms with van der Waals surface area (Å²) in [7, 11) is 0. The lowest BCUT2D eigenvalue weighted by atomic mass is 10.1. The normalized spacial score (nSPS) is 16.2. The number of hydrogen-bond acceptors (Lipinski definition) is 5. The van der Waals surface area contributed by atoms with Crippen LogP contribution in [-0.4, -0.2) is 46.4 Å². The lowest BCUT2D eigenvalue weighted by Gasteiger charge is -2.40. The molecule has 0 saturated carbocycles. The Bertz CT molecular complexity index is 1430. The number of piperazine rings is 1. The molecule has 5 nitrogen and oxygen atoms in total. The fourth-order valence-corrected chi connectivity index (χ4v) is 5.30. The molecule has 37 heavy (non-hydrogen) atoms. The Morgan fingerprint density at radius 3 is 2.54 bits per heavy atom. The van der Waals surface area contributed by atoms with Crippen LogP contribution in [0.15, 0.2) is 77.8 Å². The first-order valence-electron chi connectivity index (χ1n) is 11.9. The molecule has 0 spiro atoms. The van der Waals surface area contributed by atoms with Crippen LogP contribution in [0.2, 0.25) is 0 Å². The van der Waals surface area contributed by atoms with E-state index in [1.807, 2.05) is 54.3 Å². The van der Waals surface area contributed by atoms with Crippen LogP contribution in [0.4, 0.5) is 18.9 Å². The minimum atomic E-state index is -1.20. The molecule has 1 aliphatic rings. The van der Waals surface area contributed by atoms with Crippen molar-refractivity contribution in [1.82, 2.24) is 14.8 Å². The van der Waals surface area contributed by atoms with Gasteiger partial charge in [0.05, 0.1) is 10.4 Å². The van der Waals surface area contributed by atoms with E-state index in [4.69, 9.17) is 0 Å². The predicted octanol–water partition coefficient (Wildman–Crippen LogP) is 6.12. The third kappa shape index (κ3) is 5.57. The molecule has 0 unspecified atom stereocenters. The Kier molecular flexibility index (Phi) is 7.34. The van der Waals surface area contributed by atoms with Gasteiger partial charge in [-0.25, -0.2) is 13.2 Å². The zero-order chi connectivity index (χ0) is 25.9. The Balaban J connectivity index is 1.18. The number of fused-ring (bicyclic) bond motifs is 1. The van der Waals surface area contributed by atoms with Crippen LogP contribution >= 0.6 is 11.9 Å². The van der Waals surface area contributed by atoms with Crippen molar-refractivity contribution in [3.8, 4) is 0 Å². The number of pyridine rings is 1. The fourth-order valence-electron chi connectivity index (χ4n) is 4.52. The Labute approximate surface area is 217 Å². The van der Waals surface area contributed by atoms with Gasteiger partial charge in [0.1, 0.15) is 5.82 Å². The fraction of sp³-hybridized carbons (Fsp3) is 0.214. The molecule has 2 heterocycles. The summed E-state index contributed by atoms with van der Waals surface area (Å²) in [5, 5.41) is 1.07. The van der Waals surface area contributed by atoms with E-state index in [0.717, 1.165) is 27.6 Å². The maximum Gasteiger partial charge on any atom is 0.254 e. The molecule has 9 heteroatoms. The van der Waals surface area contributed by atoms with Crippen molar-refractivity contribution >= 4 is 34.4 Å². The minimum absolute atomic E-state index is 0.0800.